The summed E-state index contributed by atoms with van der Waals surface area (Å²) in [5, 5.41) is 2.98. The number of rotatable bonds is 2. The van der Waals surface area contributed by atoms with E-state index in [-0.39, 0.29) is 23.9 Å². The number of benzene rings is 1. The molecule has 18 heavy (non-hydrogen) atoms. The lowest BCUT2D eigenvalue weighted by Crippen LogP contribution is -2.41. The summed E-state index contributed by atoms with van der Waals surface area (Å²) in [7, 11) is 0. The highest BCUT2D eigenvalue weighted by molar-refractivity contribution is 5.95. The van der Waals surface area contributed by atoms with Crippen molar-refractivity contribution in [2.24, 2.45) is 0 Å². The van der Waals surface area contributed by atoms with E-state index in [1.54, 1.807) is 6.92 Å². The summed E-state index contributed by atoms with van der Waals surface area (Å²) in [6.07, 6.45) is 1.83. The van der Waals surface area contributed by atoms with E-state index in [1.807, 2.05) is 6.92 Å². The minimum atomic E-state index is -0.316. The maximum atomic E-state index is 13.0. The van der Waals surface area contributed by atoms with Gasteiger partial charge in [-0.1, -0.05) is 0 Å². The second-order valence-corrected chi connectivity index (χ2v) is 4.84. The third kappa shape index (κ3) is 3.07. The van der Waals surface area contributed by atoms with Crippen LogP contribution in [0.5, 0.6) is 0 Å². The second-order valence-electron chi connectivity index (χ2n) is 4.84. The Balaban J connectivity index is 2.03. The molecular weight excluding hydrogens is 233 g/mol. The van der Waals surface area contributed by atoms with Crippen molar-refractivity contribution in [1.29, 1.82) is 0 Å². The largest absolute Gasteiger partial charge is 0.378 e. The quantitative estimate of drug-likeness (QED) is 0.876. The van der Waals surface area contributed by atoms with Gasteiger partial charge in [-0.15, -0.1) is 0 Å². The maximum absolute atomic E-state index is 13.0. The first kappa shape index (κ1) is 13.0. The maximum Gasteiger partial charge on any atom is 0.251 e. The first-order chi connectivity index (χ1) is 8.56. The van der Waals surface area contributed by atoms with E-state index in [0.717, 1.165) is 12.8 Å². The molecule has 98 valence electrons. The Hall–Kier alpha value is -1.42. The molecule has 1 saturated heterocycles. The Morgan fingerprint density at radius 1 is 1.50 bits per heavy atom. The van der Waals surface area contributed by atoms with E-state index >= 15 is 0 Å². The van der Waals surface area contributed by atoms with E-state index in [0.29, 0.717) is 17.7 Å². The SMILES string of the molecule is Cc1cc(F)ccc1C(=O)NC1CCOC(C)C1. The van der Waals surface area contributed by atoms with Crippen molar-refractivity contribution < 1.29 is 13.9 Å². The molecule has 1 aliphatic rings. The molecule has 3 nitrogen and oxygen atoms in total. The zero-order valence-corrected chi connectivity index (χ0v) is 10.7. The summed E-state index contributed by atoms with van der Waals surface area (Å²) in [4.78, 5) is 12.1. The molecule has 0 bridgehead atoms. The van der Waals surface area contributed by atoms with Crippen LogP contribution < -0.4 is 5.32 Å². The zero-order chi connectivity index (χ0) is 13.1. The van der Waals surface area contributed by atoms with Gasteiger partial charge in [-0.3, -0.25) is 4.79 Å². The fourth-order valence-corrected chi connectivity index (χ4v) is 2.27. The van der Waals surface area contributed by atoms with Crippen LogP contribution in [-0.4, -0.2) is 24.7 Å². The van der Waals surface area contributed by atoms with Crippen molar-refractivity contribution in [3.63, 3.8) is 0 Å². The molecule has 0 aromatic heterocycles. The average Bonchev–Trinajstić information content (AvgIpc) is 2.28. The van der Waals surface area contributed by atoms with E-state index < -0.39 is 0 Å². The molecule has 2 rings (SSSR count). The minimum Gasteiger partial charge on any atom is -0.378 e. The molecule has 1 fully saturated rings. The Bertz CT molecular complexity index is 447. The second kappa shape index (κ2) is 5.48. The van der Waals surface area contributed by atoms with Gasteiger partial charge in [0.05, 0.1) is 6.10 Å². The molecule has 1 aliphatic heterocycles. The molecule has 2 atom stereocenters. The highest BCUT2D eigenvalue weighted by atomic mass is 19.1. The molecule has 1 N–H and O–H groups in total. The van der Waals surface area contributed by atoms with Crippen LogP contribution in [0.25, 0.3) is 0 Å². The fourth-order valence-electron chi connectivity index (χ4n) is 2.27. The van der Waals surface area contributed by atoms with Crippen LogP contribution in [0.1, 0.15) is 35.7 Å². The Morgan fingerprint density at radius 2 is 2.28 bits per heavy atom. The summed E-state index contributed by atoms with van der Waals surface area (Å²) in [5.74, 6) is -0.449. The van der Waals surface area contributed by atoms with Crippen molar-refractivity contribution in [3.05, 3.63) is 35.1 Å². The van der Waals surface area contributed by atoms with Gasteiger partial charge in [0.1, 0.15) is 5.82 Å². The smallest absolute Gasteiger partial charge is 0.251 e. The Labute approximate surface area is 106 Å². The highest BCUT2D eigenvalue weighted by Crippen LogP contribution is 2.15. The van der Waals surface area contributed by atoms with Gasteiger partial charge in [-0.25, -0.2) is 4.39 Å². The van der Waals surface area contributed by atoms with Crippen molar-refractivity contribution in [2.75, 3.05) is 6.61 Å². The average molecular weight is 251 g/mol. The summed E-state index contributed by atoms with van der Waals surface area (Å²) in [6, 6.07) is 4.37. The van der Waals surface area contributed by atoms with E-state index in [1.165, 1.54) is 18.2 Å². The molecule has 2 unspecified atom stereocenters. The number of carbonyl (C=O) groups excluding carboxylic acids is 1. The summed E-state index contributed by atoms with van der Waals surface area (Å²) >= 11 is 0. The predicted molar refractivity (Wildman–Crippen MR) is 67.0 cm³/mol. The van der Waals surface area contributed by atoms with Gasteiger partial charge in [-0.05, 0) is 50.5 Å². The van der Waals surface area contributed by atoms with Crippen LogP contribution >= 0.6 is 0 Å². The highest BCUT2D eigenvalue weighted by Gasteiger charge is 2.21. The molecule has 0 saturated carbocycles. The number of hydrogen-bond donors (Lipinski definition) is 1. The van der Waals surface area contributed by atoms with Crippen LogP contribution in [0.3, 0.4) is 0 Å². The number of aryl methyl sites for hydroxylation is 1. The third-order valence-corrected chi connectivity index (χ3v) is 3.25. The number of nitrogens with one attached hydrogen (secondary N) is 1. The monoisotopic (exact) mass is 251 g/mol. The lowest BCUT2D eigenvalue weighted by Gasteiger charge is -2.28. The van der Waals surface area contributed by atoms with Gasteiger partial charge in [0.15, 0.2) is 0 Å². The van der Waals surface area contributed by atoms with Gasteiger partial charge < -0.3 is 10.1 Å². The Kier molecular flexibility index (Phi) is 3.97. The molecule has 0 radical (unpaired) electrons. The van der Waals surface area contributed by atoms with Crippen molar-refractivity contribution in [1.82, 2.24) is 5.32 Å². The molecule has 1 aromatic carbocycles. The van der Waals surface area contributed by atoms with Crippen molar-refractivity contribution in [3.8, 4) is 0 Å². The number of hydrogen-bond acceptors (Lipinski definition) is 2. The molecule has 1 amide bonds. The lowest BCUT2D eigenvalue weighted by molar-refractivity contribution is 0.0136. The van der Waals surface area contributed by atoms with E-state index in [9.17, 15) is 9.18 Å². The molecule has 0 aliphatic carbocycles. The van der Waals surface area contributed by atoms with E-state index in [2.05, 4.69) is 5.32 Å². The number of amides is 1. The molecular formula is C14H18FNO2. The number of carbonyl (C=O) groups is 1. The molecule has 0 spiro atoms. The van der Waals surface area contributed by atoms with Crippen molar-refractivity contribution in [2.45, 2.75) is 38.8 Å². The van der Waals surface area contributed by atoms with Crippen LogP contribution in [0.15, 0.2) is 18.2 Å². The lowest BCUT2D eigenvalue weighted by atomic mass is 10.0. The van der Waals surface area contributed by atoms with E-state index in [4.69, 9.17) is 4.74 Å². The number of ether oxygens (including phenoxy) is 1. The minimum absolute atomic E-state index is 0.133. The van der Waals surface area contributed by atoms with Gasteiger partial charge in [0.2, 0.25) is 0 Å². The van der Waals surface area contributed by atoms with Crippen LogP contribution in [0.4, 0.5) is 4.39 Å². The van der Waals surface area contributed by atoms with Crippen LogP contribution in [-0.2, 0) is 4.74 Å². The molecule has 4 heteroatoms. The first-order valence-corrected chi connectivity index (χ1v) is 6.25. The first-order valence-electron chi connectivity index (χ1n) is 6.25. The summed E-state index contributed by atoms with van der Waals surface area (Å²) in [5.41, 5.74) is 1.20. The topological polar surface area (TPSA) is 38.3 Å². The van der Waals surface area contributed by atoms with Crippen LogP contribution in [0, 0.1) is 12.7 Å². The van der Waals surface area contributed by atoms with Crippen molar-refractivity contribution >= 4 is 5.91 Å². The summed E-state index contributed by atoms with van der Waals surface area (Å²) in [6.45, 7) is 4.42. The fraction of sp³-hybridized carbons (Fsp3) is 0.500. The van der Waals surface area contributed by atoms with Gasteiger partial charge in [0, 0.05) is 18.2 Å². The van der Waals surface area contributed by atoms with Gasteiger partial charge >= 0.3 is 0 Å². The summed E-state index contributed by atoms with van der Waals surface area (Å²) < 4.78 is 18.4. The third-order valence-electron chi connectivity index (χ3n) is 3.25. The van der Waals surface area contributed by atoms with Crippen LogP contribution in [0.2, 0.25) is 0 Å². The predicted octanol–water partition coefficient (Wildman–Crippen LogP) is 2.43. The molecule has 1 aromatic rings. The Morgan fingerprint density at radius 3 is 2.94 bits per heavy atom. The number of halogens is 1. The molecule has 1 heterocycles. The zero-order valence-electron chi connectivity index (χ0n) is 10.7. The van der Waals surface area contributed by atoms with Gasteiger partial charge in [0.25, 0.3) is 5.91 Å². The van der Waals surface area contributed by atoms with Gasteiger partial charge in [-0.2, -0.15) is 0 Å². The normalized spacial score (nSPS) is 23.7. The standard InChI is InChI=1S/C14H18FNO2/c1-9-7-11(15)3-4-13(9)14(17)16-12-5-6-18-10(2)8-12/h3-4,7,10,12H,5-6,8H2,1-2H3,(H,16,17).